The highest BCUT2D eigenvalue weighted by molar-refractivity contribution is 7.10. The molecule has 106 valence electrons. The molecule has 2 N–H and O–H groups in total. The second kappa shape index (κ2) is 6.11. The number of hydrogen-bond acceptors (Lipinski definition) is 3. The SMILES string of the molecule is CC(NCc1cc(C(=O)O)cs1)c1cc(F)ccc1F. The zero-order valence-electron chi connectivity index (χ0n) is 10.7. The van der Waals surface area contributed by atoms with Gasteiger partial charge in [0.15, 0.2) is 0 Å². The number of thiophene rings is 1. The highest BCUT2D eigenvalue weighted by Crippen LogP contribution is 2.20. The first-order valence-corrected chi connectivity index (χ1v) is 6.84. The van der Waals surface area contributed by atoms with Crippen molar-refractivity contribution in [3.8, 4) is 0 Å². The maximum atomic E-state index is 13.6. The fraction of sp³-hybridized carbons (Fsp3) is 0.214. The summed E-state index contributed by atoms with van der Waals surface area (Å²) in [7, 11) is 0. The van der Waals surface area contributed by atoms with Crippen molar-refractivity contribution in [2.24, 2.45) is 0 Å². The molecule has 0 radical (unpaired) electrons. The summed E-state index contributed by atoms with van der Waals surface area (Å²) in [6.45, 7) is 2.12. The number of aromatic carboxylic acids is 1. The number of halogens is 2. The Morgan fingerprint density at radius 1 is 1.40 bits per heavy atom. The van der Waals surface area contributed by atoms with Gasteiger partial charge >= 0.3 is 5.97 Å². The molecule has 0 amide bonds. The fourth-order valence-corrected chi connectivity index (χ4v) is 2.60. The number of nitrogens with one attached hydrogen (secondary N) is 1. The van der Waals surface area contributed by atoms with Gasteiger partial charge in [0.1, 0.15) is 11.6 Å². The maximum Gasteiger partial charge on any atom is 0.336 e. The molecule has 1 heterocycles. The Labute approximate surface area is 118 Å². The summed E-state index contributed by atoms with van der Waals surface area (Å²) in [5, 5.41) is 13.4. The average Bonchev–Trinajstić information content (AvgIpc) is 2.88. The molecule has 0 aliphatic carbocycles. The number of hydrogen-bond donors (Lipinski definition) is 2. The molecular formula is C14H13F2NO2S. The standard InChI is InChI=1S/C14H13F2NO2S/c1-8(12-5-10(15)2-3-13(12)16)17-6-11-4-9(7-20-11)14(18)19/h2-5,7-8,17H,6H2,1H3,(H,18,19). The number of rotatable bonds is 5. The first-order valence-electron chi connectivity index (χ1n) is 5.96. The Morgan fingerprint density at radius 3 is 2.80 bits per heavy atom. The molecule has 1 aromatic heterocycles. The summed E-state index contributed by atoms with van der Waals surface area (Å²) < 4.78 is 26.7. The number of carbonyl (C=O) groups is 1. The summed E-state index contributed by atoms with van der Waals surface area (Å²) in [6, 6.07) is 4.51. The van der Waals surface area contributed by atoms with Crippen molar-refractivity contribution < 1.29 is 18.7 Å². The van der Waals surface area contributed by atoms with Crippen LogP contribution in [-0.4, -0.2) is 11.1 Å². The van der Waals surface area contributed by atoms with E-state index >= 15 is 0 Å². The van der Waals surface area contributed by atoms with Crippen molar-refractivity contribution >= 4 is 17.3 Å². The third kappa shape index (κ3) is 3.40. The maximum absolute atomic E-state index is 13.6. The Bertz CT molecular complexity index is 627. The van der Waals surface area contributed by atoms with Gasteiger partial charge in [0.05, 0.1) is 5.56 Å². The Hall–Kier alpha value is -1.79. The smallest absolute Gasteiger partial charge is 0.336 e. The summed E-state index contributed by atoms with van der Waals surface area (Å²) in [5.41, 5.74) is 0.483. The van der Waals surface area contributed by atoms with Gasteiger partial charge in [0.2, 0.25) is 0 Å². The molecule has 2 aromatic rings. The van der Waals surface area contributed by atoms with Crippen LogP contribution in [-0.2, 0) is 6.54 Å². The number of benzene rings is 1. The Kier molecular flexibility index (Phi) is 4.46. The van der Waals surface area contributed by atoms with Crippen LogP contribution < -0.4 is 5.32 Å². The van der Waals surface area contributed by atoms with E-state index in [0.29, 0.717) is 6.54 Å². The van der Waals surface area contributed by atoms with E-state index in [1.165, 1.54) is 11.3 Å². The molecular weight excluding hydrogens is 284 g/mol. The lowest BCUT2D eigenvalue weighted by Crippen LogP contribution is -2.18. The monoisotopic (exact) mass is 297 g/mol. The van der Waals surface area contributed by atoms with Crippen molar-refractivity contribution in [2.45, 2.75) is 19.5 Å². The van der Waals surface area contributed by atoms with E-state index < -0.39 is 17.6 Å². The minimum atomic E-state index is -0.975. The van der Waals surface area contributed by atoms with Gasteiger partial charge < -0.3 is 10.4 Å². The van der Waals surface area contributed by atoms with E-state index in [-0.39, 0.29) is 17.2 Å². The number of carboxylic acid groups (broad SMARTS) is 1. The van der Waals surface area contributed by atoms with Gasteiger partial charge in [-0.2, -0.15) is 0 Å². The van der Waals surface area contributed by atoms with Gasteiger partial charge in [-0.25, -0.2) is 13.6 Å². The molecule has 0 bridgehead atoms. The van der Waals surface area contributed by atoms with Crippen molar-refractivity contribution in [2.75, 3.05) is 0 Å². The van der Waals surface area contributed by atoms with Crippen LogP contribution >= 0.6 is 11.3 Å². The first kappa shape index (κ1) is 14.6. The normalized spacial score (nSPS) is 12.3. The minimum absolute atomic E-state index is 0.233. The molecule has 2 rings (SSSR count). The van der Waals surface area contributed by atoms with Crippen LogP contribution in [0.4, 0.5) is 8.78 Å². The quantitative estimate of drug-likeness (QED) is 0.887. The fourth-order valence-electron chi connectivity index (χ4n) is 1.80. The van der Waals surface area contributed by atoms with E-state index in [2.05, 4.69) is 5.32 Å². The van der Waals surface area contributed by atoms with E-state index in [0.717, 1.165) is 23.1 Å². The van der Waals surface area contributed by atoms with Gasteiger partial charge in [-0.3, -0.25) is 0 Å². The third-order valence-electron chi connectivity index (χ3n) is 2.91. The highest BCUT2D eigenvalue weighted by Gasteiger charge is 2.13. The van der Waals surface area contributed by atoms with Gasteiger partial charge in [-0.1, -0.05) is 0 Å². The van der Waals surface area contributed by atoms with Gasteiger partial charge in [-0.15, -0.1) is 11.3 Å². The van der Waals surface area contributed by atoms with E-state index in [1.54, 1.807) is 18.4 Å². The first-order chi connectivity index (χ1) is 9.47. The summed E-state index contributed by atoms with van der Waals surface area (Å²) in [4.78, 5) is 11.6. The molecule has 3 nitrogen and oxygen atoms in total. The van der Waals surface area contributed by atoms with Crippen LogP contribution in [0.1, 0.15) is 33.8 Å². The van der Waals surface area contributed by atoms with Crippen molar-refractivity contribution in [3.63, 3.8) is 0 Å². The highest BCUT2D eigenvalue weighted by atomic mass is 32.1. The molecule has 1 unspecified atom stereocenters. The van der Waals surface area contributed by atoms with Crippen molar-refractivity contribution in [3.05, 3.63) is 57.3 Å². The second-order valence-corrected chi connectivity index (χ2v) is 5.37. The second-order valence-electron chi connectivity index (χ2n) is 4.38. The van der Waals surface area contributed by atoms with Gasteiger partial charge in [0, 0.05) is 28.4 Å². The summed E-state index contributed by atoms with van der Waals surface area (Å²) in [5.74, 6) is -1.93. The molecule has 0 fully saturated rings. The zero-order valence-corrected chi connectivity index (χ0v) is 11.5. The van der Waals surface area contributed by atoms with Crippen LogP contribution in [0.15, 0.2) is 29.6 Å². The summed E-state index contributed by atoms with van der Waals surface area (Å²) >= 11 is 1.31. The molecule has 0 saturated heterocycles. The zero-order chi connectivity index (χ0) is 14.7. The molecule has 6 heteroatoms. The van der Waals surface area contributed by atoms with E-state index in [1.807, 2.05) is 0 Å². The molecule has 1 atom stereocenters. The summed E-state index contributed by atoms with van der Waals surface area (Å²) in [6.07, 6.45) is 0. The van der Waals surface area contributed by atoms with Crippen LogP contribution in [0, 0.1) is 11.6 Å². The Balaban J connectivity index is 2.02. The minimum Gasteiger partial charge on any atom is -0.478 e. The van der Waals surface area contributed by atoms with Gasteiger partial charge in [0.25, 0.3) is 0 Å². The predicted molar refractivity (Wildman–Crippen MR) is 72.9 cm³/mol. The van der Waals surface area contributed by atoms with Crippen LogP contribution in [0.3, 0.4) is 0 Å². The third-order valence-corrected chi connectivity index (χ3v) is 3.84. The number of carboxylic acids is 1. The average molecular weight is 297 g/mol. The molecule has 0 saturated carbocycles. The van der Waals surface area contributed by atoms with E-state index in [4.69, 9.17) is 5.11 Å². The topological polar surface area (TPSA) is 49.3 Å². The Morgan fingerprint density at radius 2 is 2.15 bits per heavy atom. The molecule has 0 aliphatic heterocycles. The van der Waals surface area contributed by atoms with Crippen LogP contribution in [0.25, 0.3) is 0 Å². The molecule has 0 aliphatic rings. The molecule has 0 spiro atoms. The lowest BCUT2D eigenvalue weighted by atomic mass is 10.1. The predicted octanol–water partition coefficient (Wildman–Crippen LogP) is 3.58. The molecule has 1 aromatic carbocycles. The lowest BCUT2D eigenvalue weighted by molar-refractivity contribution is 0.0697. The van der Waals surface area contributed by atoms with Crippen molar-refractivity contribution in [1.29, 1.82) is 0 Å². The lowest BCUT2D eigenvalue weighted by Gasteiger charge is -2.14. The largest absolute Gasteiger partial charge is 0.478 e. The van der Waals surface area contributed by atoms with E-state index in [9.17, 15) is 13.6 Å². The van der Waals surface area contributed by atoms with Crippen molar-refractivity contribution in [1.82, 2.24) is 5.32 Å². The van der Waals surface area contributed by atoms with Crippen LogP contribution in [0.2, 0.25) is 0 Å². The van der Waals surface area contributed by atoms with Crippen LogP contribution in [0.5, 0.6) is 0 Å². The molecule has 20 heavy (non-hydrogen) atoms. The van der Waals surface area contributed by atoms with Gasteiger partial charge in [-0.05, 0) is 31.2 Å².